The minimum Gasteiger partial charge on any atom is -0.495 e. The Balaban J connectivity index is 0.00000288. The maximum Gasteiger partial charge on any atom is 0.243 e. The van der Waals surface area contributed by atoms with Crippen LogP contribution in [-0.4, -0.2) is 36.1 Å². The molecule has 0 aliphatic heterocycles. The zero-order valence-corrected chi connectivity index (χ0v) is 16.5. The van der Waals surface area contributed by atoms with Crippen LogP contribution in [0.5, 0.6) is 5.75 Å². The number of rotatable bonds is 7. The molecule has 24 heavy (non-hydrogen) atoms. The molecule has 132 valence electrons. The van der Waals surface area contributed by atoms with Crippen LogP contribution < -0.4 is 15.8 Å². The number of halogens is 2. The van der Waals surface area contributed by atoms with E-state index in [1.807, 2.05) is 17.7 Å². The van der Waals surface area contributed by atoms with Gasteiger partial charge in [0.25, 0.3) is 0 Å². The van der Waals surface area contributed by atoms with Gasteiger partial charge in [-0.1, -0.05) is 11.6 Å². The molecule has 0 fully saturated rings. The molecular weight excluding hydrogens is 389 g/mol. The molecule has 0 radical (unpaired) electrons. The van der Waals surface area contributed by atoms with Crippen molar-refractivity contribution in [1.82, 2.24) is 4.98 Å². The molecule has 0 bridgehead atoms. The maximum absolute atomic E-state index is 12.0. The third-order valence-electron chi connectivity index (χ3n) is 3.15. The Labute approximate surface area is 160 Å². The fourth-order valence-electron chi connectivity index (χ4n) is 1.86. The van der Waals surface area contributed by atoms with Gasteiger partial charge in [0, 0.05) is 10.9 Å². The lowest BCUT2D eigenvalue weighted by Gasteiger charge is -2.09. The number of carbonyl (C=O) groups is 1. The van der Waals surface area contributed by atoms with E-state index < -0.39 is 6.04 Å². The van der Waals surface area contributed by atoms with Gasteiger partial charge >= 0.3 is 0 Å². The zero-order chi connectivity index (χ0) is 16.8. The van der Waals surface area contributed by atoms with Crippen molar-refractivity contribution in [3.05, 3.63) is 28.6 Å². The van der Waals surface area contributed by atoms with Crippen molar-refractivity contribution in [3.8, 4) is 17.0 Å². The monoisotopic (exact) mass is 407 g/mol. The molecule has 3 N–H and O–H groups in total. The molecule has 0 aliphatic rings. The molecule has 1 aromatic heterocycles. The van der Waals surface area contributed by atoms with Gasteiger partial charge in [-0.05, 0) is 36.6 Å². The second-order valence-corrected chi connectivity index (χ2v) is 7.02. The van der Waals surface area contributed by atoms with Crippen molar-refractivity contribution in [2.24, 2.45) is 5.73 Å². The van der Waals surface area contributed by atoms with Crippen LogP contribution in [0.4, 0.5) is 5.13 Å². The molecule has 0 saturated carbocycles. The Hall–Kier alpha value is -0.990. The third kappa shape index (κ3) is 5.53. The Morgan fingerprint density at radius 1 is 1.54 bits per heavy atom. The summed E-state index contributed by atoms with van der Waals surface area (Å²) in [6, 6.07) is 4.92. The van der Waals surface area contributed by atoms with E-state index in [2.05, 4.69) is 10.3 Å². The first-order valence-electron chi connectivity index (χ1n) is 6.90. The molecule has 2 aromatic rings. The summed E-state index contributed by atoms with van der Waals surface area (Å²) in [7, 11) is 1.57. The number of hydrogen-bond donors (Lipinski definition) is 2. The maximum atomic E-state index is 12.0. The summed E-state index contributed by atoms with van der Waals surface area (Å²) in [6.45, 7) is 0. The number of thiazole rings is 1. The van der Waals surface area contributed by atoms with E-state index in [1.165, 1.54) is 11.3 Å². The average molecular weight is 408 g/mol. The summed E-state index contributed by atoms with van der Waals surface area (Å²) in [5.41, 5.74) is 7.44. The number of hydrogen-bond acceptors (Lipinski definition) is 6. The number of ether oxygens (including phenoxy) is 1. The van der Waals surface area contributed by atoms with E-state index in [9.17, 15) is 4.79 Å². The van der Waals surface area contributed by atoms with Crippen LogP contribution in [0.2, 0.25) is 5.02 Å². The molecule has 1 amide bonds. The molecule has 1 heterocycles. The van der Waals surface area contributed by atoms with Gasteiger partial charge in [-0.15, -0.1) is 23.7 Å². The Kier molecular flexibility index (Phi) is 8.86. The summed E-state index contributed by atoms with van der Waals surface area (Å²) in [4.78, 5) is 16.4. The lowest BCUT2D eigenvalue weighted by atomic mass is 10.2. The van der Waals surface area contributed by atoms with Gasteiger partial charge in [0.15, 0.2) is 5.13 Å². The van der Waals surface area contributed by atoms with Crippen molar-refractivity contribution >= 4 is 58.1 Å². The van der Waals surface area contributed by atoms with Gasteiger partial charge in [-0.2, -0.15) is 11.8 Å². The highest BCUT2D eigenvalue weighted by Gasteiger charge is 2.15. The molecule has 9 heteroatoms. The Bertz CT molecular complexity index is 682. The van der Waals surface area contributed by atoms with E-state index in [4.69, 9.17) is 22.1 Å². The topological polar surface area (TPSA) is 77.2 Å². The quantitative estimate of drug-likeness (QED) is 0.726. The fourth-order valence-corrected chi connectivity index (χ4v) is 3.33. The molecular formula is C15H19Cl2N3O2S2. The second-order valence-electron chi connectivity index (χ2n) is 4.76. The number of benzene rings is 1. The van der Waals surface area contributed by atoms with Gasteiger partial charge in [-0.3, -0.25) is 4.79 Å². The SMILES string of the molecule is COc1ccc(-c2csc(NC(=O)[C@@H](N)CCSC)n2)cc1Cl.Cl. The lowest BCUT2D eigenvalue weighted by Crippen LogP contribution is -2.36. The van der Waals surface area contributed by atoms with Gasteiger partial charge in [0.1, 0.15) is 5.75 Å². The lowest BCUT2D eigenvalue weighted by molar-refractivity contribution is -0.117. The summed E-state index contributed by atoms with van der Waals surface area (Å²) in [5, 5.41) is 5.66. The van der Waals surface area contributed by atoms with Crippen molar-refractivity contribution in [1.29, 1.82) is 0 Å². The van der Waals surface area contributed by atoms with Gasteiger partial charge in [0.05, 0.1) is 23.9 Å². The predicted octanol–water partition coefficient (Wildman–Crippen LogP) is 3.91. The van der Waals surface area contributed by atoms with Crippen molar-refractivity contribution in [2.75, 3.05) is 24.4 Å². The summed E-state index contributed by atoms with van der Waals surface area (Å²) in [5.74, 6) is 1.24. The summed E-state index contributed by atoms with van der Waals surface area (Å²) < 4.78 is 5.13. The fraction of sp³-hybridized carbons (Fsp3) is 0.333. The minimum absolute atomic E-state index is 0. The van der Waals surface area contributed by atoms with Gasteiger partial charge in [-0.25, -0.2) is 4.98 Å². The van der Waals surface area contributed by atoms with Crippen molar-refractivity contribution in [3.63, 3.8) is 0 Å². The van der Waals surface area contributed by atoms with Crippen LogP contribution in [0.1, 0.15) is 6.42 Å². The van der Waals surface area contributed by atoms with Crippen LogP contribution in [-0.2, 0) is 4.79 Å². The smallest absolute Gasteiger partial charge is 0.243 e. The van der Waals surface area contributed by atoms with Crippen LogP contribution >= 0.6 is 47.1 Å². The highest BCUT2D eigenvalue weighted by Crippen LogP contribution is 2.31. The number of carbonyl (C=O) groups excluding carboxylic acids is 1. The minimum atomic E-state index is -0.523. The molecule has 2 rings (SSSR count). The van der Waals surface area contributed by atoms with Gasteiger partial charge in [0.2, 0.25) is 5.91 Å². The van der Waals surface area contributed by atoms with Gasteiger partial charge < -0.3 is 15.8 Å². The molecule has 1 atom stereocenters. The van der Waals surface area contributed by atoms with Crippen LogP contribution in [0.25, 0.3) is 11.3 Å². The van der Waals surface area contributed by atoms with E-state index >= 15 is 0 Å². The first-order chi connectivity index (χ1) is 11.0. The molecule has 1 aromatic carbocycles. The number of thioether (sulfide) groups is 1. The Morgan fingerprint density at radius 2 is 2.29 bits per heavy atom. The van der Waals surface area contributed by atoms with Crippen LogP contribution in [0.15, 0.2) is 23.6 Å². The largest absolute Gasteiger partial charge is 0.495 e. The number of methoxy groups -OCH3 is 1. The standard InChI is InChI=1S/C15H18ClN3O2S2.ClH/c1-21-13-4-3-9(7-10(13)16)12-8-23-15(18-12)19-14(20)11(17)5-6-22-2;/h3-4,7-8,11H,5-6,17H2,1-2H3,(H,18,19,20);1H/t11-;/m0./s1. The van der Waals surface area contributed by atoms with Crippen molar-refractivity contribution < 1.29 is 9.53 Å². The third-order valence-corrected chi connectivity index (χ3v) is 4.85. The second kappa shape index (κ2) is 10.1. The summed E-state index contributed by atoms with van der Waals surface area (Å²) in [6.07, 6.45) is 2.62. The predicted molar refractivity (Wildman–Crippen MR) is 106 cm³/mol. The van der Waals surface area contributed by atoms with Crippen LogP contribution in [0, 0.1) is 0 Å². The average Bonchev–Trinajstić information content (AvgIpc) is 3.00. The van der Waals surface area contributed by atoms with E-state index in [0.717, 1.165) is 17.0 Å². The molecule has 0 spiro atoms. The molecule has 0 unspecified atom stereocenters. The first-order valence-corrected chi connectivity index (χ1v) is 9.55. The molecule has 0 aliphatic carbocycles. The first kappa shape index (κ1) is 21.1. The van der Waals surface area contributed by atoms with Crippen molar-refractivity contribution in [2.45, 2.75) is 12.5 Å². The molecule has 5 nitrogen and oxygen atoms in total. The molecule has 0 saturated heterocycles. The Morgan fingerprint density at radius 3 is 2.92 bits per heavy atom. The number of amides is 1. The number of nitrogens with zero attached hydrogens (tertiary/aromatic N) is 1. The zero-order valence-electron chi connectivity index (χ0n) is 13.2. The number of nitrogens with one attached hydrogen (secondary N) is 1. The number of nitrogens with two attached hydrogens (primary N) is 1. The van der Waals surface area contributed by atoms with E-state index in [1.54, 1.807) is 31.0 Å². The highest BCUT2D eigenvalue weighted by atomic mass is 35.5. The van der Waals surface area contributed by atoms with E-state index in [0.29, 0.717) is 22.3 Å². The summed E-state index contributed by atoms with van der Waals surface area (Å²) >= 11 is 9.14. The van der Waals surface area contributed by atoms with E-state index in [-0.39, 0.29) is 18.3 Å². The number of aromatic nitrogens is 1. The van der Waals surface area contributed by atoms with Crippen LogP contribution in [0.3, 0.4) is 0 Å². The highest BCUT2D eigenvalue weighted by molar-refractivity contribution is 7.98. The normalized spacial score (nSPS) is 11.5. The number of anilines is 1.